The molecule has 2 N–H and O–H groups in total. The van der Waals surface area contributed by atoms with Gasteiger partial charge in [-0.25, -0.2) is 9.67 Å². The van der Waals surface area contributed by atoms with E-state index in [9.17, 15) is 0 Å². The lowest BCUT2D eigenvalue weighted by Gasteiger charge is -2.09. The minimum Gasteiger partial charge on any atom is -0.332 e. The van der Waals surface area contributed by atoms with Crippen LogP contribution < -0.4 is 10.6 Å². The normalized spacial score (nSPS) is 10.5. The van der Waals surface area contributed by atoms with Crippen molar-refractivity contribution in [1.29, 1.82) is 0 Å². The van der Waals surface area contributed by atoms with Gasteiger partial charge in [-0.15, -0.1) is 5.10 Å². The van der Waals surface area contributed by atoms with Crippen molar-refractivity contribution >= 4 is 40.6 Å². The summed E-state index contributed by atoms with van der Waals surface area (Å²) in [6.45, 7) is 4.69. The molecule has 0 bridgehead atoms. The van der Waals surface area contributed by atoms with Crippen LogP contribution in [0, 0.1) is 13.8 Å². The maximum absolute atomic E-state index is 6.17. The lowest BCUT2D eigenvalue weighted by Crippen LogP contribution is -2.20. The van der Waals surface area contributed by atoms with Gasteiger partial charge in [-0.1, -0.05) is 35.9 Å². The maximum Gasteiger partial charge on any atom is 0.248 e. The summed E-state index contributed by atoms with van der Waals surface area (Å²) in [5.41, 5.74) is 4.35. The Morgan fingerprint density at radius 1 is 1.12 bits per heavy atom. The molecule has 5 nitrogen and oxygen atoms in total. The molecule has 0 spiro atoms. The average Bonchev–Trinajstić information content (AvgIpc) is 3.00. The second kappa shape index (κ2) is 7.63. The van der Waals surface area contributed by atoms with E-state index in [1.807, 2.05) is 36.4 Å². The first kappa shape index (κ1) is 17.4. The van der Waals surface area contributed by atoms with Gasteiger partial charge in [0, 0.05) is 10.7 Å². The molecule has 3 rings (SSSR count). The molecule has 0 saturated heterocycles. The molecule has 0 amide bonds. The molecule has 0 unspecified atom stereocenters. The highest BCUT2D eigenvalue weighted by atomic mass is 35.5. The number of benzene rings is 2. The van der Waals surface area contributed by atoms with Crippen molar-refractivity contribution in [2.45, 2.75) is 20.4 Å². The molecule has 0 aliphatic rings. The fourth-order valence-electron chi connectivity index (χ4n) is 2.31. The van der Waals surface area contributed by atoms with Crippen molar-refractivity contribution in [3.8, 4) is 0 Å². The second-order valence-corrected chi connectivity index (χ2v) is 6.55. The second-order valence-electron chi connectivity index (χ2n) is 5.74. The van der Waals surface area contributed by atoms with Crippen molar-refractivity contribution in [3.05, 3.63) is 70.5 Å². The zero-order chi connectivity index (χ0) is 17.8. The van der Waals surface area contributed by atoms with E-state index >= 15 is 0 Å². The van der Waals surface area contributed by atoms with Crippen LogP contribution >= 0.6 is 23.8 Å². The van der Waals surface area contributed by atoms with E-state index in [1.165, 1.54) is 11.1 Å². The summed E-state index contributed by atoms with van der Waals surface area (Å²) in [4.78, 5) is 4.23. The van der Waals surface area contributed by atoms with Crippen molar-refractivity contribution in [1.82, 2.24) is 14.8 Å². The number of aryl methyl sites for hydroxylation is 2. The van der Waals surface area contributed by atoms with Gasteiger partial charge in [0.05, 0.1) is 6.54 Å². The zero-order valence-corrected chi connectivity index (χ0v) is 15.5. The fourth-order valence-corrected chi connectivity index (χ4v) is 2.72. The van der Waals surface area contributed by atoms with Crippen LogP contribution in [-0.4, -0.2) is 19.9 Å². The molecule has 0 atom stereocenters. The SMILES string of the molecule is Cc1ccc(NC(=S)Nc2ncn(Cc3ccccc3Cl)n2)cc1C. The van der Waals surface area contributed by atoms with Gasteiger partial charge in [-0.05, 0) is 61.0 Å². The Morgan fingerprint density at radius 3 is 2.68 bits per heavy atom. The molecule has 0 aliphatic carbocycles. The van der Waals surface area contributed by atoms with Gasteiger partial charge in [-0.3, -0.25) is 5.32 Å². The predicted molar refractivity (Wildman–Crippen MR) is 106 cm³/mol. The number of aromatic nitrogens is 3. The monoisotopic (exact) mass is 371 g/mol. The number of hydrogen-bond acceptors (Lipinski definition) is 3. The number of anilines is 2. The highest BCUT2D eigenvalue weighted by Gasteiger charge is 2.06. The molecule has 0 saturated carbocycles. The van der Waals surface area contributed by atoms with Crippen LogP contribution in [0.5, 0.6) is 0 Å². The highest BCUT2D eigenvalue weighted by molar-refractivity contribution is 7.80. The van der Waals surface area contributed by atoms with Gasteiger partial charge in [0.25, 0.3) is 0 Å². The summed E-state index contributed by atoms with van der Waals surface area (Å²) in [5.74, 6) is 0.438. The van der Waals surface area contributed by atoms with Crippen LogP contribution in [0.15, 0.2) is 48.8 Å². The summed E-state index contributed by atoms with van der Waals surface area (Å²) in [6.07, 6.45) is 1.64. The standard InChI is InChI=1S/C18H18ClN5S/c1-12-7-8-15(9-13(12)2)21-18(25)22-17-20-11-24(23-17)10-14-5-3-4-6-16(14)19/h3-9,11H,10H2,1-2H3,(H2,21,22,23,25). The van der Waals surface area contributed by atoms with Gasteiger partial charge in [0.2, 0.25) is 5.95 Å². The summed E-state index contributed by atoms with van der Waals surface area (Å²) < 4.78 is 1.71. The average molecular weight is 372 g/mol. The van der Waals surface area contributed by atoms with Crippen LogP contribution in [0.25, 0.3) is 0 Å². The Bertz CT molecular complexity index is 906. The maximum atomic E-state index is 6.17. The van der Waals surface area contributed by atoms with Crippen LogP contribution in [0.2, 0.25) is 5.02 Å². The van der Waals surface area contributed by atoms with E-state index in [4.69, 9.17) is 23.8 Å². The molecule has 0 aliphatic heterocycles. The molecule has 1 aromatic heterocycles. The van der Waals surface area contributed by atoms with Crippen LogP contribution in [-0.2, 0) is 6.54 Å². The third kappa shape index (κ3) is 4.55. The molecule has 7 heteroatoms. The van der Waals surface area contributed by atoms with Crippen LogP contribution in [0.1, 0.15) is 16.7 Å². The van der Waals surface area contributed by atoms with Gasteiger partial charge in [0.15, 0.2) is 5.11 Å². The minimum atomic E-state index is 0.438. The largest absolute Gasteiger partial charge is 0.332 e. The van der Waals surface area contributed by atoms with Crippen molar-refractivity contribution in [2.75, 3.05) is 10.6 Å². The molecular weight excluding hydrogens is 354 g/mol. The predicted octanol–water partition coefficient (Wildman–Crippen LogP) is 4.41. The van der Waals surface area contributed by atoms with Gasteiger partial charge >= 0.3 is 0 Å². The van der Waals surface area contributed by atoms with E-state index in [1.54, 1.807) is 11.0 Å². The van der Waals surface area contributed by atoms with Crippen LogP contribution in [0.3, 0.4) is 0 Å². The quantitative estimate of drug-likeness (QED) is 0.665. The molecular formula is C18H18ClN5S. The molecule has 128 valence electrons. The summed E-state index contributed by atoms with van der Waals surface area (Å²) in [7, 11) is 0. The molecule has 2 aromatic carbocycles. The number of nitrogens with zero attached hydrogens (tertiary/aromatic N) is 3. The topological polar surface area (TPSA) is 54.8 Å². The highest BCUT2D eigenvalue weighted by Crippen LogP contribution is 2.16. The number of rotatable bonds is 4. The van der Waals surface area contributed by atoms with Gasteiger partial charge < -0.3 is 5.32 Å². The smallest absolute Gasteiger partial charge is 0.248 e. The number of halogens is 1. The number of nitrogens with one attached hydrogen (secondary N) is 2. The first-order chi connectivity index (χ1) is 12.0. The summed E-state index contributed by atoms with van der Waals surface area (Å²) >= 11 is 11.5. The van der Waals surface area contributed by atoms with E-state index < -0.39 is 0 Å². The molecule has 1 heterocycles. The third-order valence-corrected chi connectivity index (χ3v) is 4.39. The van der Waals surface area contributed by atoms with Crippen molar-refractivity contribution in [3.63, 3.8) is 0 Å². The Hall–Kier alpha value is -2.44. The third-order valence-electron chi connectivity index (χ3n) is 3.82. The minimum absolute atomic E-state index is 0.438. The first-order valence-electron chi connectivity index (χ1n) is 7.79. The number of hydrogen-bond donors (Lipinski definition) is 2. The Kier molecular flexibility index (Phi) is 5.31. The van der Waals surface area contributed by atoms with Crippen molar-refractivity contribution in [2.24, 2.45) is 0 Å². The Balaban J connectivity index is 1.61. The molecule has 3 aromatic rings. The zero-order valence-electron chi connectivity index (χ0n) is 14.0. The first-order valence-corrected chi connectivity index (χ1v) is 8.58. The lowest BCUT2D eigenvalue weighted by molar-refractivity contribution is 0.687. The van der Waals surface area contributed by atoms with Crippen LogP contribution in [0.4, 0.5) is 11.6 Å². The fraction of sp³-hybridized carbons (Fsp3) is 0.167. The van der Waals surface area contributed by atoms with Gasteiger partial charge in [0.1, 0.15) is 6.33 Å². The van der Waals surface area contributed by atoms with Crippen molar-refractivity contribution < 1.29 is 0 Å². The Morgan fingerprint density at radius 2 is 1.92 bits per heavy atom. The van der Waals surface area contributed by atoms with E-state index in [-0.39, 0.29) is 0 Å². The summed E-state index contributed by atoms with van der Waals surface area (Å²) in [5, 5.41) is 11.6. The van der Waals surface area contributed by atoms with E-state index in [2.05, 4.69) is 40.6 Å². The van der Waals surface area contributed by atoms with E-state index in [0.29, 0.717) is 22.6 Å². The molecule has 0 radical (unpaired) electrons. The molecule has 25 heavy (non-hydrogen) atoms. The van der Waals surface area contributed by atoms with E-state index in [0.717, 1.165) is 11.3 Å². The number of thiocarbonyl (C=S) groups is 1. The summed E-state index contributed by atoms with van der Waals surface area (Å²) in [6, 6.07) is 13.7. The Labute approximate surface area is 157 Å². The lowest BCUT2D eigenvalue weighted by atomic mass is 10.1. The van der Waals surface area contributed by atoms with Gasteiger partial charge in [-0.2, -0.15) is 0 Å². The molecule has 0 fully saturated rings.